The van der Waals surface area contributed by atoms with Gasteiger partial charge in [-0.3, -0.25) is 15.0 Å². The van der Waals surface area contributed by atoms with E-state index < -0.39 is 4.92 Å². The Morgan fingerprint density at radius 1 is 0.698 bits per heavy atom. The lowest BCUT2D eigenvalue weighted by atomic mass is 9.82. The van der Waals surface area contributed by atoms with Gasteiger partial charge in [0.15, 0.2) is 0 Å². The van der Waals surface area contributed by atoms with Crippen LogP contribution in [0, 0.1) is 24.0 Å². The predicted molar refractivity (Wildman–Crippen MR) is 169 cm³/mol. The number of hydrogen-bond donors (Lipinski definition) is 0. The lowest BCUT2D eigenvalue weighted by Gasteiger charge is -2.36. The quantitative estimate of drug-likeness (QED) is 0.144. The maximum atomic E-state index is 11.7. The lowest BCUT2D eigenvalue weighted by Crippen LogP contribution is -2.26. The van der Waals surface area contributed by atoms with Crippen LogP contribution in [0.2, 0.25) is 10.0 Å². The SMILES string of the molecule is Cc1nn(-c2ccccc2)c2c1C(c1ccccc1)c1c(C)nn(-c3ccccc3)c1N2c1c(Cl)cc([N+](=O)[O-])cc1Cl. The molecule has 8 nitrogen and oxygen atoms in total. The maximum Gasteiger partial charge on any atom is 0.272 e. The number of rotatable bonds is 5. The van der Waals surface area contributed by atoms with Crippen molar-refractivity contribution in [1.29, 1.82) is 0 Å². The lowest BCUT2D eigenvalue weighted by molar-refractivity contribution is -0.384. The number of para-hydroxylation sites is 2. The molecule has 0 aliphatic carbocycles. The molecular formula is C33H24Cl2N6O2. The Hall–Kier alpha value is -4.92. The predicted octanol–water partition coefficient (Wildman–Crippen LogP) is 8.85. The first-order valence-corrected chi connectivity index (χ1v) is 14.4. The summed E-state index contributed by atoms with van der Waals surface area (Å²) >= 11 is 13.8. The van der Waals surface area contributed by atoms with E-state index in [1.165, 1.54) is 12.1 Å². The normalized spacial score (nSPS) is 12.7. The third-order valence-electron chi connectivity index (χ3n) is 7.73. The topological polar surface area (TPSA) is 82.0 Å². The molecule has 0 fully saturated rings. The minimum absolute atomic E-state index is 0.131. The summed E-state index contributed by atoms with van der Waals surface area (Å²) in [5.74, 6) is 1.23. The average molecular weight is 608 g/mol. The molecule has 1 aliphatic rings. The molecule has 7 rings (SSSR count). The number of aromatic nitrogens is 4. The molecular weight excluding hydrogens is 583 g/mol. The number of nitro groups is 1. The van der Waals surface area contributed by atoms with E-state index in [1.807, 2.05) is 107 Å². The summed E-state index contributed by atoms with van der Waals surface area (Å²) in [6.07, 6.45) is 0. The van der Waals surface area contributed by atoms with Gasteiger partial charge >= 0.3 is 0 Å². The monoisotopic (exact) mass is 606 g/mol. The van der Waals surface area contributed by atoms with E-state index >= 15 is 0 Å². The van der Waals surface area contributed by atoms with Crippen LogP contribution in [0.25, 0.3) is 11.4 Å². The third-order valence-corrected chi connectivity index (χ3v) is 8.31. The fourth-order valence-corrected chi connectivity index (χ4v) is 6.61. The van der Waals surface area contributed by atoms with Crippen molar-refractivity contribution in [2.45, 2.75) is 19.8 Å². The molecule has 0 N–H and O–H groups in total. The van der Waals surface area contributed by atoms with Gasteiger partial charge in [-0.05, 0) is 43.7 Å². The molecule has 1 aliphatic heterocycles. The summed E-state index contributed by atoms with van der Waals surface area (Å²) in [5.41, 5.74) is 6.53. The molecule has 212 valence electrons. The number of halogens is 2. The fourth-order valence-electron chi connectivity index (χ4n) is 5.97. The van der Waals surface area contributed by atoms with E-state index in [2.05, 4.69) is 12.1 Å². The van der Waals surface area contributed by atoms with Crippen molar-refractivity contribution in [3.05, 3.63) is 151 Å². The van der Waals surface area contributed by atoms with Crippen LogP contribution in [-0.4, -0.2) is 24.5 Å². The van der Waals surface area contributed by atoms with Crippen LogP contribution in [0.4, 0.5) is 23.0 Å². The summed E-state index contributed by atoms with van der Waals surface area (Å²) in [5, 5.41) is 22.1. The van der Waals surface area contributed by atoms with Crippen LogP contribution >= 0.6 is 23.2 Å². The van der Waals surface area contributed by atoms with E-state index in [0.717, 1.165) is 51.1 Å². The van der Waals surface area contributed by atoms with Crippen LogP contribution in [-0.2, 0) is 0 Å². The molecule has 10 heteroatoms. The van der Waals surface area contributed by atoms with Gasteiger partial charge in [-0.15, -0.1) is 0 Å². The Labute approximate surface area is 257 Å². The molecule has 43 heavy (non-hydrogen) atoms. The average Bonchev–Trinajstić information content (AvgIpc) is 3.55. The van der Waals surface area contributed by atoms with E-state index in [1.54, 1.807) is 0 Å². The van der Waals surface area contributed by atoms with Crippen molar-refractivity contribution in [3.8, 4) is 11.4 Å². The van der Waals surface area contributed by atoms with Gasteiger partial charge in [0.1, 0.15) is 11.6 Å². The summed E-state index contributed by atoms with van der Waals surface area (Å²) in [6, 6.07) is 32.6. The smallest absolute Gasteiger partial charge is 0.272 e. The number of fused-ring (bicyclic) bond motifs is 2. The van der Waals surface area contributed by atoms with Crippen molar-refractivity contribution in [2.75, 3.05) is 4.90 Å². The number of anilines is 3. The summed E-state index contributed by atoms with van der Waals surface area (Å²) in [4.78, 5) is 13.2. The molecule has 2 aromatic heterocycles. The van der Waals surface area contributed by atoms with Gasteiger partial charge in [-0.2, -0.15) is 10.2 Å². The molecule has 0 spiro atoms. The molecule has 0 saturated heterocycles. The highest BCUT2D eigenvalue weighted by Gasteiger charge is 2.43. The number of hydrogen-bond acceptors (Lipinski definition) is 5. The fraction of sp³-hybridized carbons (Fsp3) is 0.0909. The Morgan fingerprint density at radius 3 is 1.53 bits per heavy atom. The second kappa shape index (κ2) is 10.4. The zero-order chi connectivity index (χ0) is 29.8. The zero-order valence-corrected chi connectivity index (χ0v) is 24.7. The molecule has 0 unspecified atom stereocenters. The Morgan fingerprint density at radius 2 is 1.12 bits per heavy atom. The molecule has 0 bridgehead atoms. The van der Waals surface area contributed by atoms with Crippen LogP contribution in [0.3, 0.4) is 0 Å². The molecule has 0 atom stereocenters. The number of non-ortho nitro benzene ring substituents is 1. The summed E-state index contributed by atoms with van der Waals surface area (Å²) in [7, 11) is 0. The van der Waals surface area contributed by atoms with E-state index in [-0.39, 0.29) is 21.7 Å². The van der Waals surface area contributed by atoms with Gasteiger partial charge in [0.25, 0.3) is 5.69 Å². The number of nitro benzene ring substituents is 1. The highest BCUT2D eigenvalue weighted by Crippen LogP contribution is 2.57. The van der Waals surface area contributed by atoms with Crippen molar-refractivity contribution < 1.29 is 4.92 Å². The van der Waals surface area contributed by atoms with Gasteiger partial charge in [0, 0.05) is 29.2 Å². The summed E-state index contributed by atoms with van der Waals surface area (Å²) < 4.78 is 3.77. The second-order valence-corrected chi connectivity index (χ2v) is 11.1. The van der Waals surface area contributed by atoms with Gasteiger partial charge in [0.2, 0.25) is 0 Å². The highest BCUT2D eigenvalue weighted by atomic mass is 35.5. The molecule has 6 aromatic rings. The van der Waals surface area contributed by atoms with Crippen LogP contribution < -0.4 is 4.90 Å². The number of aryl methyl sites for hydroxylation is 2. The Balaban J connectivity index is 1.65. The Kier molecular flexibility index (Phi) is 6.53. The van der Waals surface area contributed by atoms with Crippen LogP contribution in [0.1, 0.15) is 34.0 Å². The van der Waals surface area contributed by atoms with Gasteiger partial charge in [-0.25, -0.2) is 9.36 Å². The first kappa shape index (κ1) is 26.9. The highest BCUT2D eigenvalue weighted by molar-refractivity contribution is 6.40. The van der Waals surface area contributed by atoms with Gasteiger partial charge in [-0.1, -0.05) is 89.9 Å². The minimum atomic E-state index is -0.503. The van der Waals surface area contributed by atoms with Crippen LogP contribution in [0.15, 0.2) is 103 Å². The zero-order valence-electron chi connectivity index (χ0n) is 23.1. The molecule has 3 heterocycles. The van der Waals surface area contributed by atoms with E-state index in [0.29, 0.717) is 5.69 Å². The first-order chi connectivity index (χ1) is 20.8. The van der Waals surface area contributed by atoms with E-state index in [9.17, 15) is 10.1 Å². The minimum Gasteiger partial charge on any atom is -0.275 e. The maximum absolute atomic E-state index is 11.7. The van der Waals surface area contributed by atoms with E-state index in [4.69, 9.17) is 33.4 Å². The summed E-state index contributed by atoms with van der Waals surface area (Å²) in [6.45, 7) is 3.99. The van der Waals surface area contributed by atoms with Crippen molar-refractivity contribution in [1.82, 2.24) is 19.6 Å². The second-order valence-electron chi connectivity index (χ2n) is 10.3. The molecule has 0 saturated carbocycles. The first-order valence-electron chi connectivity index (χ1n) is 13.6. The standard InChI is InChI=1S/C33H24Cl2N6O2/c1-20-28-30(22-12-6-3-7-13-22)29-21(2)37-40(24-16-10-5-11-17-24)33(29)38(31-26(34)18-25(41(42)43)19-27(31)35)32(28)39(36-20)23-14-8-4-9-15-23/h3-19,30H,1-2H3. The van der Waals surface area contributed by atoms with Crippen molar-refractivity contribution in [3.63, 3.8) is 0 Å². The van der Waals surface area contributed by atoms with Gasteiger partial charge in [0.05, 0.1) is 43.4 Å². The Bertz CT molecular complexity index is 1890. The number of nitrogens with zero attached hydrogens (tertiary/aromatic N) is 6. The number of benzene rings is 4. The molecule has 0 amide bonds. The van der Waals surface area contributed by atoms with Crippen molar-refractivity contribution >= 4 is 46.2 Å². The van der Waals surface area contributed by atoms with Crippen molar-refractivity contribution in [2.24, 2.45) is 0 Å². The molecule has 0 radical (unpaired) electrons. The van der Waals surface area contributed by atoms with Crippen LogP contribution in [0.5, 0.6) is 0 Å². The molecule has 4 aromatic carbocycles. The third kappa shape index (κ3) is 4.29. The largest absolute Gasteiger partial charge is 0.275 e. The van der Waals surface area contributed by atoms with Gasteiger partial charge < -0.3 is 0 Å².